The maximum atomic E-state index is 13.2. The molecule has 1 fully saturated rings. The molecule has 0 aliphatic carbocycles. The summed E-state index contributed by atoms with van der Waals surface area (Å²) in [7, 11) is 3.05. The standard InChI is InChI=1S/C20H16N2O7/c1-25-11-4-5-12(14(8-11)26-2)17-16-18(29-21-17)20(24)22(19(16)23)10-3-6-13-15(7-10)28-9-27-13/h3-8,16,18H,9H2,1-2H3/t16-,18+/m1/s1. The SMILES string of the molecule is COc1ccc(C2=NO[C@@H]3C(=O)N(c4ccc5c(c4)OCO5)C(=O)[C@H]23)c(OC)c1. The van der Waals surface area contributed by atoms with Gasteiger partial charge >= 0.3 is 0 Å². The second-order valence-corrected chi connectivity index (χ2v) is 6.60. The molecule has 3 heterocycles. The second-order valence-electron chi connectivity index (χ2n) is 6.60. The van der Waals surface area contributed by atoms with E-state index in [-0.39, 0.29) is 6.79 Å². The van der Waals surface area contributed by atoms with Crippen LogP contribution in [0.4, 0.5) is 5.69 Å². The van der Waals surface area contributed by atoms with Gasteiger partial charge < -0.3 is 23.8 Å². The number of rotatable bonds is 4. The fourth-order valence-corrected chi connectivity index (χ4v) is 3.69. The minimum Gasteiger partial charge on any atom is -0.497 e. The number of benzene rings is 2. The quantitative estimate of drug-likeness (QED) is 0.726. The number of anilines is 1. The highest BCUT2D eigenvalue weighted by molar-refractivity contribution is 6.32. The van der Waals surface area contributed by atoms with Crippen molar-refractivity contribution >= 4 is 23.2 Å². The Morgan fingerprint density at radius 1 is 1.00 bits per heavy atom. The maximum absolute atomic E-state index is 13.2. The van der Waals surface area contributed by atoms with Gasteiger partial charge in [0.2, 0.25) is 18.8 Å². The summed E-state index contributed by atoms with van der Waals surface area (Å²) in [6, 6.07) is 10.0. The van der Waals surface area contributed by atoms with Gasteiger partial charge in [-0.05, 0) is 24.3 Å². The van der Waals surface area contributed by atoms with Crippen LogP contribution in [0.25, 0.3) is 0 Å². The van der Waals surface area contributed by atoms with Gasteiger partial charge in [-0.3, -0.25) is 9.59 Å². The van der Waals surface area contributed by atoms with Crippen LogP contribution in [-0.2, 0) is 14.4 Å². The monoisotopic (exact) mass is 396 g/mol. The molecule has 148 valence electrons. The van der Waals surface area contributed by atoms with E-state index in [0.717, 1.165) is 4.90 Å². The molecule has 2 amide bonds. The molecule has 3 aliphatic heterocycles. The van der Waals surface area contributed by atoms with E-state index >= 15 is 0 Å². The first-order valence-electron chi connectivity index (χ1n) is 8.86. The minimum atomic E-state index is -1.02. The number of methoxy groups -OCH3 is 2. The largest absolute Gasteiger partial charge is 0.497 e. The molecule has 1 saturated heterocycles. The van der Waals surface area contributed by atoms with Crippen LogP contribution < -0.4 is 23.8 Å². The molecule has 9 nitrogen and oxygen atoms in total. The van der Waals surface area contributed by atoms with Crippen LogP contribution in [0.15, 0.2) is 41.6 Å². The summed E-state index contributed by atoms with van der Waals surface area (Å²) < 4.78 is 21.3. The van der Waals surface area contributed by atoms with Crippen LogP contribution in [0.1, 0.15) is 5.56 Å². The predicted molar refractivity (Wildman–Crippen MR) is 99.5 cm³/mol. The van der Waals surface area contributed by atoms with Crippen molar-refractivity contribution in [1.82, 2.24) is 0 Å². The summed E-state index contributed by atoms with van der Waals surface area (Å²) in [5.41, 5.74) is 1.30. The molecule has 0 spiro atoms. The number of imide groups is 1. The highest BCUT2D eigenvalue weighted by Crippen LogP contribution is 2.41. The maximum Gasteiger partial charge on any atom is 0.278 e. The van der Waals surface area contributed by atoms with Crippen LogP contribution in [0.2, 0.25) is 0 Å². The summed E-state index contributed by atoms with van der Waals surface area (Å²) in [6.07, 6.45) is -1.02. The van der Waals surface area contributed by atoms with E-state index in [0.29, 0.717) is 40.0 Å². The van der Waals surface area contributed by atoms with E-state index in [1.807, 2.05) is 0 Å². The van der Waals surface area contributed by atoms with Crippen LogP contribution in [0.3, 0.4) is 0 Å². The Balaban J connectivity index is 1.51. The Morgan fingerprint density at radius 3 is 2.62 bits per heavy atom. The zero-order chi connectivity index (χ0) is 20.1. The normalized spacial score (nSPS) is 21.7. The number of fused-ring (bicyclic) bond motifs is 2. The second kappa shape index (κ2) is 6.40. The molecular formula is C20H16N2O7. The zero-order valence-corrected chi connectivity index (χ0v) is 15.6. The van der Waals surface area contributed by atoms with Gasteiger partial charge in [0.25, 0.3) is 5.91 Å². The van der Waals surface area contributed by atoms with E-state index in [9.17, 15) is 9.59 Å². The van der Waals surface area contributed by atoms with Gasteiger partial charge in [-0.15, -0.1) is 0 Å². The first kappa shape index (κ1) is 17.4. The smallest absolute Gasteiger partial charge is 0.278 e. The number of carbonyl (C=O) groups excluding carboxylic acids is 2. The highest BCUT2D eigenvalue weighted by atomic mass is 16.7. The lowest BCUT2D eigenvalue weighted by molar-refractivity contribution is -0.126. The number of hydrogen-bond donors (Lipinski definition) is 0. The molecule has 2 atom stereocenters. The van der Waals surface area contributed by atoms with Crippen molar-refractivity contribution in [3.63, 3.8) is 0 Å². The third-order valence-electron chi connectivity index (χ3n) is 5.11. The molecule has 29 heavy (non-hydrogen) atoms. The van der Waals surface area contributed by atoms with Gasteiger partial charge in [0, 0.05) is 17.7 Å². The molecule has 0 aromatic heterocycles. The zero-order valence-electron chi connectivity index (χ0n) is 15.6. The fourth-order valence-electron chi connectivity index (χ4n) is 3.69. The average Bonchev–Trinajstić information content (AvgIpc) is 3.44. The molecule has 0 N–H and O–H groups in total. The molecule has 2 aromatic carbocycles. The molecule has 9 heteroatoms. The Labute approximate surface area is 165 Å². The van der Waals surface area contributed by atoms with Crippen molar-refractivity contribution in [2.45, 2.75) is 6.10 Å². The lowest BCUT2D eigenvalue weighted by Gasteiger charge is -2.16. The average molecular weight is 396 g/mol. The first-order valence-corrected chi connectivity index (χ1v) is 8.86. The summed E-state index contributed by atoms with van der Waals surface area (Å²) >= 11 is 0. The van der Waals surface area contributed by atoms with Gasteiger partial charge in [0.15, 0.2) is 11.5 Å². The van der Waals surface area contributed by atoms with Crippen molar-refractivity contribution in [3.05, 3.63) is 42.0 Å². The molecule has 0 radical (unpaired) electrons. The number of amides is 2. The topological polar surface area (TPSA) is 95.9 Å². The molecular weight excluding hydrogens is 380 g/mol. The summed E-state index contributed by atoms with van der Waals surface area (Å²) in [5.74, 6) is 0.334. The van der Waals surface area contributed by atoms with Crippen LogP contribution >= 0.6 is 0 Å². The van der Waals surface area contributed by atoms with Gasteiger partial charge in [-0.1, -0.05) is 5.16 Å². The number of ether oxygens (including phenoxy) is 4. The van der Waals surface area contributed by atoms with E-state index in [1.165, 1.54) is 7.11 Å². The number of carbonyl (C=O) groups is 2. The number of nitrogens with zero attached hydrogens (tertiary/aromatic N) is 2. The number of hydrogen-bond acceptors (Lipinski definition) is 8. The van der Waals surface area contributed by atoms with Crippen molar-refractivity contribution in [2.75, 3.05) is 25.9 Å². The molecule has 0 saturated carbocycles. The fraction of sp³-hybridized carbons (Fsp3) is 0.250. The molecule has 0 unspecified atom stereocenters. The predicted octanol–water partition coefficient (Wildman–Crippen LogP) is 1.72. The van der Waals surface area contributed by atoms with Crippen molar-refractivity contribution in [2.24, 2.45) is 11.1 Å². The molecule has 0 bridgehead atoms. The van der Waals surface area contributed by atoms with Crippen LogP contribution in [-0.4, -0.2) is 44.6 Å². The highest BCUT2D eigenvalue weighted by Gasteiger charge is 2.56. The van der Waals surface area contributed by atoms with Gasteiger partial charge in [-0.25, -0.2) is 4.90 Å². The summed E-state index contributed by atoms with van der Waals surface area (Å²) in [6.45, 7) is 0.100. The van der Waals surface area contributed by atoms with Gasteiger partial charge in [0.1, 0.15) is 23.1 Å². The molecule has 2 aromatic rings. The Hall–Kier alpha value is -3.75. The van der Waals surface area contributed by atoms with Crippen molar-refractivity contribution < 1.29 is 33.4 Å². The van der Waals surface area contributed by atoms with Gasteiger partial charge in [0.05, 0.1) is 19.9 Å². The third kappa shape index (κ3) is 2.50. The Bertz CT molecular complexity index is 1060. The van der Waals surface area contributed by atoms with Gasteiger partial charge in [-0.2, -0.15) is 0 Å². The van der Waals surface area contributed by atoms with Crippen LogP contribution in [0, 0.1) is 5.92 Å². The van der Waals surface area contributed by atoms with Crippen LogP contribution in [0.5, 0.6) is 23.0 Å². The van der Waals surface area contributed by atoms with E-state index in [4.69, 9.17) is 23.8 Å². The molecule has 5 rings (SSSR count). The molecule has 3 aliphatic rings. The Kier molecular flexibility index (Phi) is 3.83. The number of oxime groups is 1. The lowest BCUT2D eigenvalue weighted by atomic mass is 9.93. The van der Waals surface area contributed by atoms with Crippen molar-refractivity contribution in [1.29, 1.82) is 0 Å². The summed E-state index contributed by atoms with van der Waals surface area (Å²) in [4.78, 5) is 32.6. The van der Waals surface area contributed by atoms with E-state index in [2.05, 4.69) is 5.16 Å². The minimum absolute atomic E-state index is 0.100. The third-order valence-corrected chi connectivity index (χ3v) is 5.11. The first-order chi connectivity index (χ1) is 14.1. The Morgan fingerprint density at radius 2 is 1.83 bits per heavy atom. The lowest BCUT2D eigenvalue weighted by Crippen LogP contribution is -2.33. The summed E-state index contributed by atoms with van der Waals surface area (Å²) in [5, 5.41) is 4.02. The van der Waals surface area contributed by atoms with Crippen molar-refractivity contribution in [3.8, 4) is 23.0 Å². The van der Waals surface area contributed by atoms with E-state index in [1.54, 1.807) is 43.5 Å². The van der Waals surface area contributed by atoms with E-state index < -0.39 is 23.8 Å².